The van der Waals surface area contributed by atoms with Gasteiger partial charge in [-0.05, 0) is 42.3 Å². The molecule has 0 aliphatic carbocycles. The number of piperidine rings is 1. The van der Waals surface area contributed by atoms with Gasteiger partial charge in [-0.25, -0.2) is 0 Å². The van der Waals surface area contributed by atoms with E-state index in [1.54, 1.807) is 13.2 Å². The number of benzene rings is 2. The fourth-order valence-corrected chi connectivity index (χ4v) is 3.43. The minimum absolute atomic E-state index is 0.0834. The van der Waals surface area contributed by atoms with Crippen LogP contribution in [-0.2, 0) is 16.2 Å². The monoisotopic (exact) mass is 394 g/mol. The zero-order chi connectivity index (χ0) is 20.5. The quantitative estimate of drug-likeness (QED) is 0.774. The molecule has 0 bridgehead atoms. The van der Waals surface area contributed by atoms with Crippen molar-refractivity contribution in [1.29, 1.82) is 0 Å². The summed E-state index contributed by atoms with van der Waals surface area (Å²) in [6.45, 7) is 0.280. The molecule has 2 heterocycles. The molecule has 8 nitrogen and oxygen atoms in total. The normalized spacial score (nSPS) is 18.5. The van der Waals surface area contributed by atoms with Crippen LogP contribution < -0.4 is 14.8 Å². The van der Waals surface area contributed by atoms with E-state index in [1.807, 2.05) is 24.3 Å². The molecule has 4 rings (SSSR count). The summed E-state index contributed by atoms with van der Waals surface area (Å²) in [6.07, 6.45) is 0.205. The highest BCUT2D eigenvalue weighted by molar-refractivity contribution is 6.23. The van der Waals surface area contributed by atoms with E-state index in [-0.39, 0.29) is 30.6 Å². The van der Waals surface area contributed by atoms with Gasteiger partial charge in [0.1, 0.15) is 24.1 Å². The molecule has 1 atom stereocenters. The van der Waals surface area contributed by atoms with Crippen LogP contribution in [0.4, 0.5) is 0 Å². The second kappa shape index (κ2) is 7.38. The van der Waals surface area contributed by atoms with Crippen LogP contribution in [0.2, 0.25) is 0 Å². The summed E-state index contributed by atoms with van der Waals surface area (Å²) in [7, 11) is 1.59. The first-order valence-corrected chi connectivity index (χ1v) is 9.09. The first-order chi connectivity index (χ1) is 14.0. The average Bonchev–Trinajstić information content (AvgIpc) is 2.97. The van der Waals surface area contributed by atoms with E-state index in [0.29, 0.717) is 5.75 Å². The Kier molecular flexibility index (Phi) is 4.75. The van der Waals surface area contributed by atoms with Crippen molar-refractivity contribution < 1.29 is 28.7 Å². The van der Waals surface area contributed by atoms with Gasteiger partial charge < -0.3 is 9.47 Å². The third kappa shape index (κ3) is 3.44. The number of rotatable bonds is 5. The first-order valence-electron chi connectivity index (χ1n) is 9.09. The second-order valence-corrected chi connectivity index (χ2v) is 6.79. The topological polar surface area (TPSA) is 102 Å². The Hall–Kier alpha value is -3.68. The van der Waals surface area contributed by atoms with Crippen LogP contribution in [-0.4, -0.2) is 41.7 Å². The number of amides is 4. The van der Waals surface area contributed by atoms with Gasteiger partial charge in [-0.3, -0.25) is 29.4 Å². The van der Waals surface area contributed by atoms with E-state index in [2.05, 4.69) is 5.32 Å². The zero-order valence-corrected chi connectivity index (χ0v) is 15.6. The SMILES string of the molecule is COc1ccc(COc2ccc3c(c2)C(=O)N(C2CCC(=O)NC2=O)C3=O)cc1. The molecule has 0 saturated carbocycles. The lowest BCUT2D eigenvalue weighted by atomic mass is 10.0. The molecule has 29 heavy (non-hydrogen) atoms. The van der Waals surface area contributed by atoms with Gasteiger partial charge in [0, 0.05) is 6.42 Å². The first kappa shape index (κ1) is 18.7. The highest BCUT2D eigenvalue weighted by Gasteiger charge is 2.44. The molecule has 1 unspecified atom stereocenters. The van der Waals surface area contributed by atoms with Crippen molar-refractivity contribution in [1.82, 2.24) is 10.2 Å². The molecule has 148 valence electrons. The molecule has 0 aromatic heterocycles. The molecule has 2 aromatic rings. The molecule has 1 fully saturated rings. The van der Waals surface area contributed by atoms with E-state index in [1.165, 1.54) is 12.1 Å². The number of imide groups is 2. The van der Waals surface area contributed by atoms with Crippen LogP contribution in [0.3, 0.4) is 0 Å². The maximum absolute atomic E-state index is 12.8. The van der Waals surface area contributed by atoms with Crippen LogP contribution in [0.15, 0.2) is 42.5 Å². The minimum atomic E-state index is -0.983. The van der Waals surface area contributed by atoms with Crippen LogP contribution in [0.1, 0.15) is 39.1 Å². The number of hydrogen-bond acceptors (Lipinski definition) is 6. The fraction of sp³-hybridized carbons (Fsp3) is 0.238. The molecule has 2 aliphatic rings. The number of methoxy groups -OCH3 is 1. The molecule has 4 amide bonds. The third-order valence-electron chi connectivity index (χ3n) is 4.98. The van der Waals surface area contributed by atoms with E-state index in [9.17, 15) is 19.2 Å². The molecule has 8 heteroatoms. The summed E-state index contributed by atoms with van der Waals surface area (Å²) in [4.78, 5) is 49.8. The lowest BCUT2D eigenvalue weighted by Gasteiger charge is -2.27. The standard InChI is InChI=1S/C21H18N2O6/c1-28-13-4-2-12(3-5-13)11-29-14-6-7-15-16(10-14)21(27)23(20(15)26)17-8-9-18(24)22-19(17)25/h2-7,10,17H,8-9,11H2,1H3,(H,22,24,25). The van der Waals surface area contributed by atoms with Crippen LogP contribution in [0, 0.1) is 0 Å². The summed E-state index contributed by atoms with van der Waals surface area (Å²) < 4.78 is 10.9. The molecule has 0 spiro atoms. The molecule has 1 saturated heterocycles. The summed E-state index contributed by atoms with van der Waals surface area (Å²) >= 11 is 0. The van der Waals surface area contributed by atoms with E-state index >= 15 is 0 Å². The molecule has 1 N–H and O–H groups in total. The van der Waals surface area contributed by atoms with Gasteiger partial charge in [0.05, 0.1) is 18.2 Å². The lowest BCUT2D eigenvalue weighted by molar-refractivity contribution is -0.136. The number of fused-ring (bicyclic) bond motifs is 1. The molecule has 2 aliphatic heterocycles. The molecular formula is C21H18N2O6. The van der Waals surface area contributed by atoms with Gasteiger partial charge >= 0.3 is 0 Å². The molecule has 0 radical (unpaired) electrons. The zero-order valence-electron chi connectivity index (χ0n) is 15.6. The minimum Gasteiger partial charge on any atom is -0.497 e. The highest BCUT2D eigenvalue weighted by atomic mass is 16.5. The van der Waals surface area contributed by atoms with Crippen molar-refractivity contribution in [3.8, 4) is 11.5 Å². The van der Waals surface area contributed by atoms with Crippen molar-refractivity contribution in [2.75, 3.05) is 7.11 Å². The van der Waals surface area contributed by atoms with Crippen molar-refractivity contribution in [3.05, 3.63) is 59.2 Å². The van der Waals surface area contributed by atoms with Crippen molar-refractivity contribution in [3.63, 3.8) is 0 Å². The third-order valence-corrected chi connectivity index (χ3v) is 4.98. The maximum Gasteiger partial charge on any atom is 0.262 e. The number of carbonyl (C=O) groups is 4. The summed E-state index contributed by atoms with van der Waals surface area (Å²) in [5.74, 6) is -0.964. The lowest BCUT2D eigenvalue weighted by Crippen LogP contribution is -2.54. The number of nitrogens with zero attached hydrogens (tertiary/aromatic N) is 1. The Morgan fingerprint density at radius 2 is 1.66 bits per heavy atom. The highest BCUT2D eigenvalue weighted by Crippen LogP contribution is 2.30. The van der Waals surface area contributed by atoms with Crippen molar-refractivity contribution >= 4 is 23.6 Å². The predicted molar refractivity (Wildman–Crippen MR) is 100 cm³/mol. The van der Waals surface area contributed by atoms with Crippen molar-refractivity contribution in [2.24, 2.45) is 0 Å². The van der Waals surface area contributed by atoms with Gasteiger partial charge in [0.2, 0.25) is 11.8 Å². The Morgan fingerprint density at radius 3 is 2.34 bits per heavy atom. The van der Waals surface area contributed by atoms with Gasteiger partial charge in [-0.15, -0.1) is 0 Å². The van der Waals surface area contributed by atoms with E-state index < -0.39 is 29.7 Å². The van der Waals surface area contributed by atoms with Crippen molar-refractivity contribution in [2.45, 2.75) is 25.5 Å². The summed E-state index contributed by atoms with van der Waals surface area (Å²) in [5, 5.41) is 2.17. The van der Waals surface area contributed by atoms with Gasteiger partial charge in [-0.2, -0.15) is 0 Å². The number of carbonyl (C=O) groups excluding carboxylic acids is 4. The second-order valence-electron chi connectivity index (χ2n) is 6.79. The fourth-order valence-electron chi connectivity index (χ4n) is 3.43. The Balaban J connectivity index is 1.50. The number of ether oxygens (including phenoxy) is 2. The van der Waals surface area contributed by atoms with Crippen LogP contribution in [0.25, 0.3) is 0 Å². The molecule has 2 aromatic carbocycles. The molecular weight excluding hydrogens is 376 g/mol. The summed E-state index contributed by atoms with van der Waals surface area (Å²) in [6, 6.07) is 11.0. The maximum atomic E-state index is 12.8. The number of nitrogens with one attached hydrogen (secondary N) is 1. The van der Waals surface area contributed by atoms with Gasteiger partial charge in [-0.1, -0.05) is 12.1 Å². The largest absolute Gasteiger partial charge is 0.497 e. The Morgan fingerprint density at radius 1 is 0.966 bits per heavy atom. The average molecular weight is 394 g/mol. The van der Waals surface area contributed by atoms with Gasteiger partial charge in [0.25, 0.3) is 11.8 Å². The van der Waals surface area contributed by atoms with Gasteiger partial charge in [0.15, 0.2) is 0 Å². The predicted octanol–water partition coefficient (Wildman–Crippen LogP) is 1.68. The van der Waals surface area contributed by atoms with E-state index in [0.717, 1.165) is 16.2 Å². The summed E-state index contributed by atoms with van der Waals surface area (Å²) in [5.41, 5.74) is 1.32. The Labute approximate surface area is 166 Å². The van der Waals surface area contributed by atoms with E-state index in [4.69, 9.17) is 9.47 Å². The number of hydrogen-bond donors (Lipinski definition) is 1. The Bertz CT molecular complexity index is 1010. The van der Waals surface area contributed by atoms with Crippen LogP contribution >= 0.6 is 0 Å². The smallest absolute Gasteiger partial charge is 0.262 e. The van der Waals surface area contributed by atoms with Crippen LogP contribution in [0.5, 0.6) is 11.5 Å².